The van der Waals surface area contributed by atoms with Gasteiger partial charge in [-0.15, -0.1) is 0 Å². The molecule has 1 atom stereocenters. The zero-order valence-electron chi connectivity index (χ0n) is 22.2. The molecule has 13 heteroatoms. The number of fused-ring (bicyclic) bond motifs is 1. The minimum atomic E-state index is -3.39. The van der Waals surface area contributed by atoms with E-state index in [-0.39, 0.29) is 34.7 Å². The summed E-state index contributed by atoms with van der Waals surface area (Å²) in [6.07, 6.45) is 7.31. The molecule has 0 aliphatic heterocycles. The minimum absolute atomic E-state index is 0.0231. The van der Waals surface area contributed by atoms with Crippen LogP contribution in [0.15, 0.2) is 40.7 Å². The number of hydrogen-bond acceptors (Lipinski definition) is 11. The lowest BCUT2D eigenvalue weighted by molar-refractivity contribution is 0.397. The summed E-state index contributed by atoms with van der Waals surface area (Å²) in [6.45, 7) is 5.75. The highest BCUT2D eigenvalue weighted by Gasteiger charge is 2.31. The molecule has 4 aromatic rings. The van der Waals surface area contributed by atoms with Crippen LogP contribution in [-0.4, -0.2) is 55.8 Å². The molecule has 1 saturated carbocycles. The van der Waals surface area contributed by atoms with Crippen LogP contribution in [-0.2, 0) is 16.4 Å². The lowest BCUT2D eigenvalue weighted by Gasteiger charge is -2.18. The number of ether oxygens (including phenoxy) is 1. The first-order valence-corrected chi connectivity index (χ1v) is 14.5. The largest absolute Gasteiger partial charge is 0.480 e. The van der Waals surface area contributed by atoms with Crippen molar-refractivity contribution >= 4 is 26.8 Å². The fourth-order valence-electron chi connectivity index (χ4n) is 4.27. The van der Waals surface area contributed by atoms with E-state index >= 15 is 0 Å². The fourth-order valence-corrected chi connectivity index (χ4v) is 5.06. The van der Waals surface area contributed by atoms with E-state index in [1.807, 2.05) is 13.8 Å². The van der Waals surface area contributed by atoms with Crippen LogP contribution in [0.5, 0.6) is 5.88 Å². The van der Waals surface area contributed by atoms with Crippen LogP contribution >= 0.6 is 0 Å². The van der Waals surface area contributed by atoms with Gasteiger partial charge in [0.25, 0.3) is 5.56 Å². The third-order valence-corrected chi connectivity index (χ3v) is 8.48. The standard InChI is InChI=1S/C26H30N8O4S/c1-5-15(3)34-24-18(13-29-22(33-24)20-21(17-8-9-17)30-14-31-25(20)38-4)32-23(26(34)35)28-12-16-7-10-19(27-11-16)39(36,37)6-2/h7,10-11,13-15,17H,5-6,8-9,12H2,1-4H3,(H,28,32)/t15-/m0/s1. The minimum Gasteiger partial charge on any atom is -0.480 e. The fraction of sp³-hybridized carbons (Fsp3) is 0.423. The molecule has 1 fully saturated rings. The zero-order chi connectivity index (χ0) is 27.7. The Balaban J connectivity index is 1.54. The molecule has 0 spiro atoms. The number of methoxy groups -OCH3 is 1. The normalized spacial score (nSPS) is 14.4. The average molecular weight is 551 g/mol. The Labute approximate surface area is 225 Å². The molecule has 0 amide bonds. The Morgan fingerprint density at radius 3 is 2.54 bits per heavy atom. The molecule has 4 aromatic heterocycles. The molecule has 5 rings (SSSR count). The van der Waals surface area contributed by atoms with Gasteiger partial charge in [0, 0.05) is 24.7 Å². The zero-order valence-corrected chi connectivity index (χ0v) is 23.1. The van der Waals surface area contributed by atoms with E-state index in [0.717, 1.165) is 18.5 Å². The molecule has 39 heavy (non-hydrogen) atoms. The van der Waals surface area contributed by atoms with Crippen molar-refractivity contribution in [3.8, 4) is 17.3 Å². The van der Waals surface area contributed by atoms with Gasteiger partial charge in [-0.2, -0.15) is 0 Å². The summed E-state index contributed by atoms with van der Waals surface area (Å²) in [4.78, 5) is 40.3. The van der Waals surface area contributed by atoms with Crippen molar-refractivity contribution in [1.82, 2.24) is 34.5 Å². The monoisotopic (exact) mass is 550 g/mol. The van der Waals surface area contributed by atoms with Crippen molar-refractivity contribution in [1.29, 1.82) is 0 Å². The predicted molar refractivity (Wildman–Crippen MR) is 145 cm³/mol. The van der Waals surface area contributed by atoms with Gasteiger partial charge in [-0.25, -0.2) is 38.3 Å². The molecule has 0 aromatic carbocycles. The maximum Gasteiger partial charge on any atom is 0.295 e. The number of anilines is 1. The van der Waals surface area contributed by atoms with E-state index in [9.17, 15) is 13.2 Å². The van der Waals surface area contributed by atoms with Crippen LogP contribution in [0.3, 0.4) is 0 Å². The van der Waals surface area contributed by atoms with E-state index in [4.69, 9.17) is 9.72 Å². The summed E-state index contributed by atoms with van der Waals surface area (Å²) in [5.74, 6) is 1.20. The predicted octanol–water partition coefficient (Wildman–Crippen LogP) is 3.30. The van der Waals surface area contributed by atoms with Crippen LogP contribution in [0, 0.1) is 0 Å². The van der Waals surface area contributed by atoms with Crippen LogP contribution in [0.2, 0.25) is 0 Å². The summed E-state index contributed by atoms with van der Waals surface area (Å²) in [7, 11) is -1.84. The Bertz CT molecular complexity index is 1690. The smallest absolute Gasteiger partial charge is 0.295 e. The summed E-state index contributed by atoms with van der Waals surface area (Å²) in [5, 5.41) is 3.10. The van der Waals surface area contributed by atoms with Crippen molar-refractivity contribution in [2.75, 3.05) is 18.2 Å². The second-order valence-corrected chi connectivity index (χ2v) is 11.7. The first kappa shape index (κ1) is 26.6. The Kier molecular flexibility index (Phi) is 7.25. The number of aromatic nitrogens is 7. The molecule has 204 valence electrons. The lowest BCUT2D eigenvalue weighted by Crippen LogP contribution is -2.28. The Hall–Kier alpha value is -4.00. The molecule has 0 bridgehead atoms. The van der Waals surface area contributed by atoms with Gasteiger partial charge in [0.15, 0.2) is 32.2 Å². The topological polar surface area (TPSA) is 155 Å². The average Bonchev–Trinajstić information content (AvgIpc) is 3.81. The van der Waals surface area contributed by atoms with Crippen LogP contribution < -0.4 is 15.6 Å². The third-order valence-electron chi connectivity index (χ3n) is 6.84. The molecule has 0 radical (unpaired) electrons. The van der Waals surface area contributed by atoms with Crippen molar-refractivity contribution in [3.63, 3.8) is 0 Å². The first-order chi connectivity index (χ1) is 18.8. The van der Waals surface area contributed by atoms with Gasteiger partial charge in [-0.3, -0.25) is 9.36 Å². The van der Waals surface area contributed by atoms with Gasteiger partial charge >= 0.3 is 0 Å². The number of sulfone groups is 1. The van der Waals surface area contributed by atoms with E-state index in [1.54, 1.807) is 30.9 Å². The van der Waals surface area contributed by atoms with Crippen molar-refractivity contribution in [2.45, 2.75) is 63.6 Å². The van der Waals surface area contributed by atoms with Gasteiger partial charge in [0.1, 0.15) is 17.4 Å². The number of nitrogens with zero attached hydrogens (tertiary/aromatic N) is 7. The molecule has 0 saturated heterocycles. The highest BCUT2D eigenvalue weighted by atomic mass is 32.2. The summed E-state index contributed by atoms with van der Waals surface area (Å²) in [6, 6.07) is 2.97. The molecule has 1 aliphatic carbocycles. The van der Waals surface area contributed by atoms with Gasteiger partial charge in [0.05, 0.1) is 24.8 Å². The van der Waals surface area contributed by atoms with Crippen molar-refractivity contribution < 1.29 is 13.2 Å². The molecule has 1 aliphatic rings. The summed E-state index contributed by atoms with van der Waals surface area (Å²) >= 11 is 0. The maximum absolute atomic E-state index is 13.6. The second-order valence-electron chi connectivity index (χ2n) is 9.47. The quantitative estimate of drug-likeness (QED) is 0.309. The van der Waals surface area contributed by atoms with E-state index in [2.05, 4.69) is 30.2 Å². The van der Waals surface area contributed by atoms with E-state index in [1.165, 1.54) is 18.6 Å². The van der Waals surface area contributed by atoms with E-state index in [0.29, 0.717) is 46.3 Å². The van der Waals surface area contributed by atoms with Gasteiger partial charge < -0.3 is 10.1 Å². The third kappa shape index (κ3) is 5.18. The summed E-state index contributed by atoms with van der Waals surface area (Å²) < 4.78 is 31.2. The molecule has 0 unspecified atom stereocenters. The van der Waals surface area contributed by atoms with Gasteiger partial charge in [-0.05, 0) is 37.8 Å². The molecule has 12 nitrogen and oxygen atoms in total. The van der Waals surface area contributed by atoms with Crippen molar-refractivity contribution in [2.24, 2.45) is 0 Å². The van der Waals surface area contributed by atoms with Gasteiger partial charge in [0.2, 0.25) is 5.88 Å². The number of pyridine rings is 1. The summed E-state index contributed by atoms with van der Waals surface area (Å²) in [5.41, 5.74) is 2.72. The van der Waals surface area contributed by atoms with Crippen LogP contribution in [0.1, 0.15) is 63.3 Å². The van der Waals surface area contributed by atoms with E-state index < -0.39 is 9.84 Å². The molecule has 4 heterocycles. The van der Waals surface area contributed by atoms with Gasteiger partial charge in [-0.1, -0.05) is 19.9 Å². The first-order valence-electron chi connectivity index (χ1n) is 12.9. The highest BCUT2D eigenvalue weighted by molar-refractivity contribution is 7.91. The molecule has 1 N–H and O–H groups in total. The van der Waals surface area contributed by atoms with Crippen LogP contribution in [0.4, 0.5) is 5.82 Å². The Morgan fingerprint density at radius 1 is 1.10 bits per heavy atom. The SMILES string of the molecule is CC[C@H](C)n1c(=O)c(NCc2ccc(S(=O)(=O)CC)nc2)nc2cnc(-c3c(OC)ncnc3C3CC3)nc21. The molecular formula is C26H30N8O4S. The molecular weight excluding hydrogens is 520 g/mol. The maximum atomic E-state index is 13.6. The highest BCUT2D eigenvalue weighted by Crippen LogP contribution is 2.44. The van der Waals surface area contributed by atoms with Crippen molar-refractivity contribution in [3.05, 3.63) is 52.5 Å². The Morgan fingerprint density at radius 2 is 1.90 bits per heavy atom. The number of nitrogens with one attached hydrogen (secondary N) is 1. The lowest BCUT2D eigenvalue weighted by atomic mass is 10.1. The number of hydrogen-bond donors (Lipinski definition) is 1. The second kappa shape index (κ2) is 10.6. The number of rotatable bonds is 10. The van der Waals surface area contributed by atoms with Crippen LogP contribution in [0.25, 0.3) is 22.6 Å².